The third-order valence-corrected chi connectivity index (χ3v) is 4.01. The van der Waals surface area contributed by atoms with Gasteiger partial charge in [0.05, 0.1) is 11.2 Å². The van der Waals surface area contributed by atoms with Gasteiger partial charge in [0, 0.05) is 24.0 Å². The van der Waals surface area contributed by atoms with Crippen molar-refractivity contribution in [3.63, 3.8) is 0 Å². The molecule has 3 heterocycles. The molecule has 19 heavy (non-hydrogen) atoms. The molecule has 0 radical (unpaired) electrons. The Bertz CT molecular complexity index is 699. The van der Waals surface area contributed by atoms with Crippen LogP contribution in [0, 0.1) is 6.92 Å². The third kappa shape index (κ3) is 2.19. The van der Waals surface area contributed by atoms with Crippen LogP contribution in [0.4, 0.5) is 5.82 Å². The van der Waals surface area contributed by atoms with Crippen molar-refractivity contribution >= 4 is 22.7 Å². The minimum atomic E-state index is -0.263. The van der Waals surface area contributed by atoms with Crippen molar-refractivity contribution in [3.8, 4) is 0 Å². The van der Waals surface area contributed by atoms with Crippen LogP contribution in [0.25, 0.3) is 5.52 Å². The Hall–Kier alpha value is -1.95. The first kappa shape index (κ1) is 12.1. The number of hydrogen-bond acceptors (Lipinski definition) is 5. The summed E-state index contributed by atoms with van der Waals surface area (Å²) in [4.78, 5) is 8.80. The fourth-order valence-corrected chi connectivity index (χ4v) is 2.74. The fourth-order valence-electron chi connectivity index (χ4n) is 2.02. The van der Waals surface area contributed by atoms with E-state index in [2.05, 4.69) is 34.2 Å². The second kappa shape index (κ2) is 4.31. The van der Waals surface area contributed by atoms with Crippen LogP contribution in [0.2, 0.25) is 0 Å². The van der Waals surface area contributed by atoms with Gasteiger partial charge in [0.1, 0.15) is 10.5 Å². The smallest absolute Gasteiger partial charge is 0.152 e. The van der Waals surface area contributed by atoms with Gasteiger partial charge in [-0.05, 0) is 26.8 Å². The van der Waals surface area contributed by atoms with Gasteiger partial charge in [0.15, 0.2) is 5.82 Å². The Balaban J connectivity index is 2.01. The molecule has 3 aromatic heterocycles. The maximum absolute atomic E-state index is 4.42. The lowest BCUT2D eigenvalue weighted by atomic mass is 10.1. The van der Waals surface area contributed by atoms with Crippen LogP contribution in [-0.2, 0) is 5.54 Å². The van der Waals surface area contributed by atoms with Crippen molar-refractivity contribution in [2.75, 3.05) is 5.32 Å². The summed E-state index contributed by atoms with van der Waals surface area (Å²) in [5.41, 5.74) is 1.69. The van der Waals surface area contributed by atoms with Gasteiger partial charge in [0.2, 0.25) is 0 Å². The Morgan fingerprint density at radius 1 is 1.26 bits per heavy atom. The van der Waals surface area contributed by atoms with Crippen molar-refractivity contribution in [1.29, 1.82) is 0 Å². The van der Waals surface area contributed by atoms with Gasteiger partial charge in [-0.3, -0.25) is 0 Å². The zero-order valence-electron chi connectivity index (χ0n) is 11.1. The van der Waals surface area contributed by atoms with Gasteiger partial charge in [-0.15, -0.1) is 11.3 Å². The minimum Gasteiger partial charge on any atom is -0.357 e. The number of aromatic nitrogens is 4. The highest BCUT2D eigenvalue weighted by atomic mass is 32.1. The summed E-state index contributed by atoms with van der Waals surface area (Å²) in [5, 5.41) is 10.9. The molecule has 0 saturated carbocycles. The number of fused-ring (bicyclic) bond motifs is 1. The normalized spacial score (nSPS) is 11.9. The van der Waals surface area contributed by atoms with Gasteiger partial charge in [-0.1, -0.05) is 0 Å². The lowest BCUT2D eigenvalue weighted by molar-refractivity contribution is 0.601. The van der Waals surface area contributed by atoms with Crippen LogP contribution in [0.15, 0.2) is 30.0 Å². The quantitative estimate of drug-likeness (QED) is 0.797. The van der Waals surface area contributed by atoms with E-state index in [-0.39, 0.29) is 5.54 Å². The van der Waals surface area contributed by atoms with Crippen LogP contribution < -0.4 is 5.32 Å². The number of rotatable bonds is 3. The molecule has 1 N–H and O–H groups in total. The van der Waals surface area contributed by atoms with E-state index in [1.807, 2.05) is 35.3 Å². The Labute approximate surface area is 115 Å². The van der Waals surface area contributed by atoms with E-state index in [1.165, 1.54) is 0 Å². The standard InChI is InChI=1S/C13H15N5S/c1-9-8-10-11(14-4-6-18(10)17-9)16-13(2,3)12-15-5-7-19-12/h4-8H,1-3H3,(H,14,16). The highest BCUT2D eigenvalue weighted by molar-refractivity contribution is 7.09. The average molecular weight is 273 g/mol. The lowest BCUT2D eigenvalue weighted by Crippen LogP contribution is -2.28. The highest BCUT2D eigenvalue weighted by Gasteiger charge is 2.24. The predicted molar refractivity (Wildman–Crippen MR) is 76.5 cm³/mol. The van der Waals surface area contributed by atoms with Gasteiger partial charge in [-0.2, -0.15) is 5.10 Å². The van der Waals surface area contributed by atoms with E-state index >= 15 is 0 Å². The molecule has 98 valence electrons. The first-order valence-electron chi connectivity index (χ1n) is 6.05. The van der Waals surface area contributed by atoms with E-state index in [9.17, 15) is 0 Å². The number of thiazole rings is 1. The zero-order chi connectivity index (χ0) is 13.5. The lowest BCUT2D eigenvalue weighted by Gasteiger charge is -2.24. The van der Waals surface area contributed by atoms with Crippen molar-refractivity contribution in [2.45, 2.75) is 26.3 Å². The van der Waals surface area contributed by atoms with E-state index in [4.69, 9.17) is 0 Å². The molecule has 0 saturated heterocycles. The largest absolute Gasteiger partial charge is 0.357 e. The molecule has 3 rings (SSSR count). The minimum absolute atomic E-state index is 0.263. The first-order valence-corrected chi connectivity index (χ1v) is 6.93. The molecule has 0 aromatic carbocycles. The van der Waals surface area contributed by atoms with Gasteiger partial charge < -0.3 is 5.32 Å². The Kier molecular flexibility index (Phi) is 2.74. The summed E-state index contributed by atoms with van der Waals surface area (Å²) in [6, 6.07) is 2.02. The Morgan fingerprint density at radius 3 is 2.84 bits per heavy atom. The number of hydrogen-bond donors (Lipinski definition) is 1. The second-order valence-corrected chi connectivity index (χ2v) is 5.87. The van der Waals surface area contributed by atoms with Crippen molar-refractivity contribution in [2.24, 2.45) is 0 Å². The number of nitrogens with one attached hydrogen (secondary N) is 1. The molecule has 6 heteroatoms. The predicted octanol–water partition coefficient (Wildman–Crippen LogP) is 2.84. The average Bonchev–Trinajstić information content (AvgIpc) is 2.96. The molecule has 0 bridgehead atoms. The van der Waals surface area contributed by atoms with Crippen LogP contribution in [-0.4, -0.2) is 19.6 Å². The summed E-state index contributed by atoms with van der Waals surface area (Å²) in [7, 11) is 0. The van der Waals surface area contributed by atoms with Crippen molar-refractivity contribution < 1.29 is 0 Å². The SMILES string of the molecule is Cc1cc2c(NC(C)(C)c3nccs3)nccn2n1. The molecule has 0 spiro atoms. The molecule has 0 unspecified atom stereocenters. The number of anilines is 1. The molecule has 0 aliphatic rings. The third-order valence-electron chi connectivity index (χ3n) is 2.91. The molecule has 0 amide bonds. The molecular weight excluding hydrogens is 258 g/mol. The van der Waals surface area contributed by atoms with Crippen LogP contribution in [0.1, 0.15) is 24.5 Å². The van der Waals surface area contributed by atoms with Gasteiger partial charge >= 0.3 is 0 Å². The van der Waals surface area contributed by atoms with E-state index < -0.39 is 0 Å². The molecule has 0 aliphatic heterocycles. The van der Waals surface area contributed by atoms with E-state index in [0.29, 0.717) is 0 Å². The maximum atomic E-state index is 4.42. The zero-order valence-corrected chi connectivity index (χ0v) is 11.9. The number of aryl methyl sites for hydroxylation is 1. The van der Waals surface area contributed by atoms with Crippen LogP contribution in [0.3, 0.4) is 0 Å². The molecule has 0 fully saturated rings. The summed E-state index contributed by atoms with van der Waals surface area (Å²) in [5.74, 6) is 0.823. The second-order valence-electron chi connectivity index (χ2n) is 4.98. The number of nitrogens with zero attached hydrogens (tertiary/aromatic N) is 4. The van der Waals surface area contributed by atoms with E-state index in [0.717, 1.165) is 22.0 Å². The van der Waals surface area contributed by atoms with Crippen LogP contribution >= 0.6 is 11.3 Å². The summed E-state index contributed by atoms with van der Waals surface area (Å²) >= 11 is 1.64. The highest BCUT2D eigenvalue weighted by Crippen LogP contribution is 2.28. The molecule has 0 aliphatic carbocycles. The van der Waals surface area contributed by atoms with Crippen LogP contribution in [0.5, 0.6) is 0 Å². The fraction of sp³-hybridized carbons (Fsp3) is 0.308. The first-order chi connectivity index (χ1) is 9.06. The molecular formula is C13H15N5S. The monoisotopic (exact) mass is 273 g/mol. The van der Waals surface area contributed by atoms with Crippen molar-refractivity contribution in [3.05, 3.63) is 40.7 Å². The molecule has 5 nitrogen and oxygen atoms in total. The molecule has 3 aromatic rings. The molecule has 0 atom stereocenters. The van der Waals surface area contributed by atoms with E-state index in [1.54, 1.807) is 17.5 Å². The summed E-state index contributed by atoms with van der Waals surface area (Å²) in [6.07, 6.45) is 5.42. The summed E-state index contributed by atoms with van der Waals surface area (Å²) < 4.78 is 1.84. The topological polar surface area (TPSA) is 55.1 Å². The maximum Gasteiger partial charge on any atom is 0.152 e. The van der Waals surface area contributed by atoms with Gasteiger partial charge in [0.25, 0.3) is 0 Å². The Morgan fingerprint density at radius 2 is 2.11 bits per heavy atom. The summed E-state index contributed by atoms with van der Waals surface area (Å²) in [6.45, 7) is 6.17. The van der Waals surface area contributed by atoms with Crippen molar-refractivity contribution in [1.82, 2.24) is 19.6 Å². The van der Waals surface area contributed by atoms with Gasteiger partial charge in [-0.25, -0.2) is 14.5 Å².